The SMILES string of the molecule is CCOC(=O)CNC(=O)N1CCN(c2ccccc2Cl)CC1. The van der Waals surface area contributed by atoms with Crippen LogP contribution in [0.2, 0.25) is 5.02 Å². The Balaban J connectivity index is 1.81. The predicted octanol–water partition coefficient (Wildman–Crippen LogP) is 1.73. The van der Waals surface area contributed by atoms with Crippen LogP contribution in [0.4, 0.5) is 10.5 Å². The summed E-state index contributed by atoms with van der Waals surface area (Å²) in [6, 6.07) is 7.42. The Morgan fingerprint density at radius 1 is 1.23 bits per heavy atom. The number of piperazine rings is 1. The van der Waals surface area contributed by atoms with Crippen molar-refractivity contribution in [2.45, 2.75) is 6.92 Å². The number of nitrogens with zero attached hydrogens (tertiary/aromatic N) is 2. The zero-order valence-electron chi connectivity index (χ0n) is 12.5. The Kier molecular flexibility index (Phi) is 5.89. The minimum absolute atomic E-state index is 0.0998. The van der Waals surface area contributed by atoms with Crippen molar-refractivity contribution >= 4 is 29.3 Å². The molecule has 6 nitrogen and oxygen atoms in total. The van der Waals surface area contributed by atoms with Crippen molar-refractivity contribution in [3.63, 3.8) is 0 Å². The molecule has 1 saturated heterocycles. The molecule has 1 N–H and O–H groups in total. The number of benzene rings is 1. The minimum Gasteiger partial charge on any atom is -0.465 e. The first-order valence-electron chi connectivity index (χ1n) is 7.29. The number of amides is 2. The maximum Gasteiger partial charge on any atom is 0.325 e. The van der Waals surface area contributed by atoms with Gasteiger partial charge in [0.1, 0.15) is 6.54 Å². The molecule has 1 aliphatic rings. The lowest BCUT2D eigenvalue weighted by molar-refractivity contribution is -0.141. The van der Waals surface area contributed by atoms with Gasteiger partial charge in [-0.15, -0.1) is 0 Å². The largest absolute Gasteiger partial charge is 0.465 e. The number of hydrogen-bond donors (Lipinski definition) is 1. The average Bonchev–Trinajstić information content (AvgIpc) is 2.53. The monoisotopic (exact) mass is 325 g/mol. The average molecular weight is 326 g/mol. The molecular formula is C15H20ClN3O3. The molecular weight excluding hydrogens is 306 g/mol. The van der Waals surface area contributed by atoms with E-state index in [9.17, 15) is 9.59 Å². The third-order valence-electron chi connectivity index (χ3n) is 3.45. The number of urea groups is 1. The van der Waals surface area contributed by atoms with E-state index in [4.69, 9.17) is 16.3 Å². The second-order valence-electron chi connectivity index (χ2n) is 4.89. The van der Waals surface area contributed by atoms with Crippen LogP contribution in [0.1, 0.15) is 6.92 Å². The topological polar surface area (TPSA) is 61.9 Å². The molecule has 0 unspecified atom stereocenters. The second kappa shape index (κ2) is 7.89. The maximum absolute atomic E-state index is 12.0. The minimum atomic E-state index is -0.425. The third kappa shape index (κ3) is 4.27. The van der Waals surface area contributed by atoms with Crippen LogP contribution in [0.3, 0.4) is 0 Å². The fourth-order valence-corrected chi connectivity index (χ4v) is 2.59. The predicted molar refractivity (Wildman–Crippen MR) is 85.3 cm³/mol. The number of esters is 1. The summed E-state index contributed by atoms with van der Waals surface area (Å²) in [7, 11) is 0. The van der Waals surface area contributed by atoms with Gasteiger partial charge in [0.25, 0.3) is 0 Å². The van der Waals surface area contributed by atoms with Gasteiger partial charge in [-0.25, -0.2) is 4.79 Å². The lowest BCUT2D eigenvalue weighted by Gasteiger charge is -2.36. The van der Waals surface area contributed by atoms with Crippen LogP contribution in [0, 0.1) is 0 Å². The highest BCUT2D eigenvalue weighted by atomic mass is 35.5. The van der Waals surface area contributed by atoms with Gasteiger partial charge in [-0.3, -0.25) is 4.79 Å². The number of hydrogen-bond acceptors (Lipinski definition) is 4. The molecule has 22 heavy (non-hydrogen) atoms. The molecule has 1 aromatic carbocycles. The number of halogens is 1. The molecule has 1 aliphatic heterocycles. The van der Waals surface area contributed by atoms with E-state index in [-0.39, 0.29) is 12.6 Å². The van der Waals surface area contributed by atoms with Crippen LogP contribution in [0.5, 0.6) is 0 Å². The zero-order valence-corrected chi connectivity index (χ0v) is 13.3. The summed E-state index contributed by atoms with van der Waals surface area (Å²) in [5.41, 5.74) is 0.982. The zero-order chi connectivity index (χ0) is 15.9. The van der Waals surface area contributed by atoms with Crippen molar-refractivity contribution in [2.24, 2.45) is 0 Å². The number of carbonyl (C=O) groups is 2. The van der Waals surface area contributed by atoms with Crippen molar-refractivity contribution in [3.05, 3.63) is 29.3 Å². The highest BCUT2D eigenvalue weighted by Crippen LogP contribution is 2.25. The van der Waals surface area contributed by atoms with Crippen molar-refractivity contribution in [3.8, 4) is 0 Å². The number of ether oxygens (including phenoxy) is 1. The third-order valence-corrected chi connectivity index (χ3v) is 3.77. The molecule has 1 fully saturated rings. The van der Waals surface area contributed by atoms with E-state index in [1.807, 2.05) is 24.3 Å². The fourth-order valence-electron chi connectivity index (χ4n) is 2.33. The van der Waals surface area contributed by atoms with Gasteiger partial charge < -0.3 is 19.9 Å². The molecule has 2 rings (SSSR count). The van der Waals surface area contributed by atoms with E-state index in [1.54, 1.807) is 11.8 Å². The summed E-state index contributed by atoms with van der Waals surface area (Å²) < 4.78 is 4.77. The Morgan fingerprint density at radius 2 is 1.91 bits per heavy atom. The highest BCUT2D eigenvalue weighted by molar-refractivity contribution is 6.33. The first-order chi connectivity index (χ1) is 10.6. The summed E-state index contributed by atoms with van der Waals surface area (Å²) in [6.45, 7) is 4.52. The number of carbonyl (C=O) groups excluding carboxylic acids is 2. The van der Waals surface area contributed by atoms with E-state index in [0.717, 1.165) is 5.69 Å². The lowest BCUT2D eigenvalue weighted by Crippen LogP contribution is -2.52. The van der Waals surface area contributed by atoms with Gasteiger partial charge in [0.15, 0.2) is 0 Å². The van der Waals surface area contributed by atoms with Crippen LogP contribution in [0.15, 0.2) is 24.3 Å². The van der Waals surface area contributed by atoms with Crippen LogP contribution >= 0.6 is 11.6 Å². The van der Waals surface area contributed by atoms with Gasteiger partial charge in [-0.05, 0) is 19.1 Å². The van der Waals surface area contributed by atoms with Gasteiger partial charge in [0.05, 0.1) is 17.3 Å². The quantitative estimate of drug-likeness (QED) is 0.857. The van der Waals surface area contributed by atoms with E-state index in [0.29, 0.717) is 37.8 Å². The van der Waals surface area contributed by atoms with Crippen molar-refractivity contribution in [1.82, 2.24) is 10.2 Å². The van der Waals surface area contributed by atoms with Crippen molar-refractivity contribution in [1.29, 1.82) is 0 Å². The fraction of sp³-hybridized carbons (Fsp3) is 0.467. The number of anilines is 1. The van der Waals surface area contributed by atoms with E-state index in [2.05, 4.69) is 10.2 Å². The summed E-state index contributed by atoms with van der Waals surface area (Å²) in [5.74, 6) is -0.425. The lowest BCUT2D eigenvalue weighted by atomic mass is 10.2. The van der Waals surface area contributed by atoms with Gasteiger partial charge in [0, 0.05) is 26.2 Å². The van der Waals surface area contributed by atoms with Crippen LogP contribution in [-0.2, 0) is 9.53 Å². The smallest absolute Gasteiger partial charge is 0.325 e. The summed E-state index contributed by atoms with van der Waals surface area (Å²) in [5, 5.41) is 3.28. The number of nitrogens with one attached hydrogen (secondary N) is 1. The van der Waals surface area contributed by atoms with E-state index < -0.39 is 5.97 Å². The molecule has 1 heterocycles. The van der Waals surface area contributed by atoms with Gasteiger partial charge in [-0.2, -0.15) is 0 Å². The van der Waals surface area contributed by atoms with Crippen LogP contribution in [-0.4, -0.2) is 56.2 Å². The summed E-state index contributed by atoms with van der Waals surface area (Å²) in [6.07, 6.45) is 0. The molecule has 0 bridgehead atoms. The summed E-state index contributed by atoms with van der Waals surface area (Å²) in [4.78, 5) is 27.0. The Labute approximate surface area is 135 Å². The van der Waals surface area contributed by atoms with Gasteiger partial charge >= 0.3 is 12.0 Å². The molecule has 7 heteroatoms. The molecule has 0 radical (unpaired) electrons. The first-order valence-corrected chi connectivity index (χ1v) is 7.67. The normalized spacial score (nSPS) is 14.6. The Bertz CT molecular complexity index is 531. The summed E-state index contributed by atoms with van der Waals surface area (Å²) >= 11 is 6.18. The Hall–Kier alpha value is -1.95. The van der Waals surface area contributed by atoms with E-state index >= 15 is 0 Å². The molecule has 0 aliphatic carbocycles. The first kappa shape index (κ1) is 16.4. The molecule has 0 saturated carbocycles. The molecule has 120 valence electrons. The Morgan fingerprint density at radius 3 is 2.55 bits per heavy atom. The maximum atomic E-state index is 12.0. The standard InChI is InChI=1S/C15H20ClN3O3/c1-2-22-14(20)11-17-15(21)19-9-7-18(8-10-19)13-6-4-3-5-12(13)16/h3-6H,2,7-11H2,1H3,(H,17,21). The molecule has 1 aromatic rings. The molecule has 0 spiro atoms. The molecule has 0 atom stereocenters. The van der Waals surface area contributed by atoms with Crippen molar-refractivity contribution in [2.75, 3.05) is 44.2 Å². The van der Waals surface area contributed by atoms with Crippen LogP contribution in [0.25, 0.3) is 0 Å². The highest BCUT2D eigenvalue weighted by Gasteiger charge is 2.22. The molecule has 2 amide bonds. The van der Waals surface area contributed by atoms with E-state index in [1.165, 1.54) is 0 Å². The van der Waals surface area contributed by atoms with Gasteiger partial charge in [-0.1, -0.05) is 23.7 Å². The second-order valence-corrected chi connectivity index (χ2v) is 5.30. The van der Waals surface area contributed by atoms with Crippen LogP contribution < -0.4 is 10.2 Å². The van der Waals surface area contributed by atoms with Gasteiger partial charge in [0.2, 0.25) is 0 Å². The van der Waals surface area contributed by atoms with Crippen molar-refractivity contribution < 1.29 is 14.3 Å². The molecule has 0 aromatic heterocycles. The number of para-hydroxylation sites is 1. The number of rotatable bonds is 4.